The van der Waals surface area contributed by atoms with Gasteiger partial charge in [0.2, 0.25) is 0 Å². The van der Waals surface area contributed by atoms with Crippen molar-refractivity contribution in [3.05, 3.63) is 64.3 Å². The van der Waals surface area contributed by atoms with Crippen molar-refractivity contribution in [1.29, 1.82) is 0 Å². The molecule has 0 atom stereocenters. The summed E-state index contributed by atoms with van der Waals surface area (Å²) in [6.07, 6.45) is 1.26. The number of aromatic nitrogens is 1. The maximum atomic E-state index is 13.4. The fourth-order valence-corrected chi connectivity index (χ4v) is 5.44. The van der Waals surface area contributed by atoms with E-state index in [2.05, 4.69) is 9.98 Å². The second-order valence-electron chi connectivity index (χ2n) is 8.19. The highest BCUT2D eigenvalue weighted by molar-refractivity contribution is 7.91. The molecular weight excluding hydrogens is 416 g/mol. The van der Waals surface area contributed by atoms with E-state index in [4.69, 9.17) is 5.11 Å². The number of sulfone groups is 1. The first kappa shape index (κ1) is 21.0. The summed E-state index contributed by atoms with van der Waals surface area (Å²) in [4.78, 5) is 31.6. The molecule has 0 spiro atoms. The van der Waals surface area contributed by atoms with E-state index < -0.39 is 33.4 Å². The predicted octanol–water partition coefficient (Wildman–Crippen LogP) is 3.34. The number of carbonyl (C=O) groups is 2. The fourth-order valence-electron chi connectivity index (χ4n) is 4.19. The number of carbonyl (C=O) groups excluding carboxylic acids is 1. The standard InChI is InChI=1S/C23H22N2O5S/c1-23(2)17-11-14(31(29,30)9-8-19(26)27)5-7-15(17)21(28)20-16-6-4-13(12-24-3)10-18(16)25-22(20)23/h4-7,10-12,25H,8-9H2,1-3H3,(H,26,27)/b24-12+. The minimum absolute atomic E-state index is 0.0226. The molecule has 0 unspecified atom stereocenters. The van der Waals surface area contributed by atoms with Crippen LogP contribution in [0.3, 0.4) is 0 Å². The van der Waals surface area contributed by atoms with Gasteiger partial charge in [0.05, 0.1) is 22.6 Å². The third-order valence-corrected chi connectivity index (χ3v) is 7.52. The van der Waals surface area contributed by atoms with Crippen molar-refractivity contribution >= 4 is 38.7 Å². The number of nitrogens with zero attached hydrogens (tertiary/aromatic N) is 1. The van der Waals surface area contributed by atoms with Gasteiger partial charge in [0.15, 0.2) is 15.6 Å². The average Bonchev–Trinajstić information content (AvgIpc) is 3.11. The number of nitrogens with one attached hydrogen (secondary N) is 1. The van der Waals surface area contributed by atoms with Crippen molar-refractivity contribution in [3.8, 4) is 0 Å². The van der Waals surface area contributed by atoms with Gasteiger partial charge in [0, 0.05) is 40.8 Å². The normalized spacial score (nSPS) is 15.3. The molecule has 1 aromatic heterocycles. The molecule has 0 radical (unpaired) electrons. The molecule has 160 valence electrons. The lowest BCUT2D eigenvalue weighted by molar-refractivity contribution is -0.136. The number of aliphatic imine (C=N–C) groups is 1. The van der Waals surface area contributed by atoms with Crippen LogP contribution < -0.4 is 0 Å². The van der Waals surface area contributed by atoms with Gasteiger partial charge in [-0.25, -0.2) is 8.42 Å². The first-order valence-electron chi connectivity index (χ1n) is 9.78. The molecule has 0 bridgehead atoms. The third kappa shape index (κ3) is 3.37. The van der Waals surface area contributed by atoms with E-state index in [0.717, 1.165) is 22.2 Å². The summed E-state index contributed by atoms with van der Waals surface area (Å²) in [7, 11) is -2.10. The number of carboxylic acids is 1. The maximum Gasteiger partial charge on any atom is 0.304 e. The molecule has 0 saturated carbocycles. The first-order chi connectivity index (χ1) is 14.6. The molecule has 31 heavy (non-hydrogen) atoms. The van der Waals surface area contributed by atoms with Crippen molar-refractivity contribution in [3.63, 3.8) is 0 Å². The summed E-state index contributed by atoms with van der Waals surface area (Å²) in [6, 6.07) is 10.2. The monoisotopic (exact) mass is 438 g/mol. The zero-order chi connectivity index (χ0) is 22.6. The molecule has 8 heteroatoms. The molecule has 4 rings (SSSR count). The number of carboxylic acid groups (broad SMARTS) is 1. The fraction of sp³-hybridized carbons (Fsp3) is 0.261. The Bertz CT molecular complexity index is 1380. The zero-order valence-corrected chi connectivity index (χ0v) is 18.2. The van der Waals surface area contributed by atoms with Gasteiger partial charge in [-0.2, -0.15) is 0 Å². The minimum atomic E-state index is -3.79. The van der Waals surface area contributed by atoms with Gasteiger partial charge in [-0.1, -0.05) is 26.0 Å². The molecule has 1 heterocycles. The first-order valence-corrected chi connectivity index (χ1v) is 11.4. The Balaban J connectivity index is 1.87. The Kier molecular flexibility index (Phi) is 4.85. The lowest BCUT2D eigenvalue weighted by Gasteiger charge is -2.32. The van der Waals surface area contributed by atoms with E-state index in [1.165, 1.54) is 18.2 Å². The lowest BCUT2D eigenvalue weighted by Crippen LogP contribution is -2.30. The predicted molar refractivity (Wildman–Crippen MR) is 118 cm³/mol. The van der Waals surface area contributed by atoms with E-state index in [-0.39, 0.29) is 10.7 Å². The van der Waals surface area contributed by atoms with Gasteiger partial charge in [0.1, 0.15) is 0 Å². The Labute approximate surface area is 179 Å². The Morgan fingerprint density at radius 1 is 1.19 bits per heavy atom. The Hall–Kier alpha value is -3.26. The quantitative estimate of drug-likeness (QED) is 0.593. The molecule has 0 aliphatic heterocycles. The smallest absolute Gasteiger partial charge is 0.304 e. The second kappa shape index (κ2) is 7.16. The molecule has 0 fully saturated rings. The highest BCUT2D eigenvalue weighted by atomic mass is 32.2. The van der Waals surface area contributed by atoms with Crippen LogP contribution in [0.25, 0.3) is 10.9 Å². The van der Waals surface area contributed by atoms with Crippen LogP contribution in [-0.2, 0) is 20.0 Å². The van der Waals surface area contributed by atoms with Crippen molar-refractivity contribution in [2.45, 2.75) is 30.6 Å². The van der Waals surface area contributed by atoms with Gasteiger partial charge >= 0.3 is 5.97 Å². The van der Waals surface area contributed by atoms with Crippen LogP contribution >= 0.6 is 0 Å². The van der Waals surface area contributed by atoms with Crippen molar-refractivity contribution in [2.24, 2.45) is 4.99 Å². The van der Waals surface area contributed by atoms with Crippen LogP contribution in [0.5, 0.6) is 0 Å². The number of ketones is 1. The van der Waals surface area contributed by atoms with Crippen molar-refractivity contribution < 1.29 is 23.1 Å². The number of fused-ring (bicyclic) bond motifs is 4. The SMILES string of the molecule is C/N=C/c1ccc2c3c([nH]c2c1)C(C)(C)c1cc(S(=O)(=O)CCC(=O)O)ccc1C3=O. The molecule has 0 saturated heterocycles. The third-order valence-electron chi connectivity index (χ3n) is 5.81. The zero-order valence-electron chi connectivity index (χ0n) is 17.4. The summed E-state index contributed by atoms with van der Waals surface area (Å²) >= 11 is 0. The van der Waals surface area contributed by atoms with Crippen LogP contribution in [0.4, 0.5) is 0 Å². The number of hydrogen-bond donors (Lipinski definition) is 2. The van der Waals surface area contributed by atoms with Crippen LogP contribution in [-0.4, -0.2) is 49.3 Å². The van der Waals surface area contributed by atoms with E-state index in [1.54, 1.807) is 13.3 Å². The number of benzene rings is 2. The van der Waals surface area contributed by atoms with Gasteiger partial charge in [0.25, 0.3) is 0 Å². The molecule has 2 N–H and O–H groups in total. The van der Waals surface area contributed by atoms with Crippen LogP contribution in [0.2, 0.25) is 0 Å². The number of H-pyrrole nitrogens is 1. The van der Waals surface area contributed by atoms with Gasteiger partial charge < -0.3 is 10.1 Å². The topological polar surface area (TPSA) is 117 Å². The largest absolute Gasteiger partial charge is 0.481 e. The number of aromatic amines is 1. The highest BCUT2D eigenvalue weighted by Gasteiger charge is 2.40. The van der Waals surface area contributed by atoms with Crippen LogP contribution in [0.15, 0.2) is 46.3 Å². The molecule has 0 amide bonds. The summed E-state index contributed by atoms with van der Waals surface area (Å²) in [5.74, 6) is -1.83. The number of rotatable bonds is 5. The van der Waals surface area contributed by atoms with Crippen molar-refractivity contribution in [1.82, 2.24) is 4.98 Å². The van der Waals surface area contributed by atoms with E-state index >= 15 is 0 Å². The molecule has 7 nitrogen and oxygen atoms in total. The van der Waals surface area contributed by atoms with Gasteiger partial charge in [-0.15, -0.1) is 0 Å². The van der Waals surface area contributed by atoms with Gasteiger partial charge in [-0.05, 0) is 35.4 Å². The average molecular weight is 439 g/mol. The summed E-state index contributed by atoms with van der Waals surface area (Å²) in [5, 5.41) is 9.65. The lowest BCUT2D eigenvalue weighted by atomic mass is 9.71. The Morgan fingerprint density at radius 2 is 1.94 bits per heavy atom. The number of aliphatic carboxylic acids is 1. The van der Waals surface area contributed by atoms with Crippen molar-refractivity contribution in [2.75, 3.05) is 12.8 Å². The van der Waals surface area contributed by atoms with Crippen LogP contribution in [0, 0.1) is 0 Å². The summed E-state index contributed by atoms with van der Waals surface area (Å²) in [5.41, 5.74) is 3.43. The molecule has 2 aromatic carbocycles. The molecular formula is C23H22N2O5S. The van der Waals surface area contributed by atoms with Gasteiger partial charge in [-0.3, -0.25) is 14.6 Å². The molecule has 1 aliphatic rings. The van der Waals surface area contributed by atoms with E-state index in [9.17, 15) is 18.0 Å². The molecule has 3 aromatic rings. The van der Waals surface area contributed by atoms with E-state index in [1.807, 2.05) is 32.0 Å². The summed E-state index contributed by atoms with van der Waals surface area (Å²) in [6.45, 7) is 3.88. The number of hydrogen-bond acceptors (Lipinski definition) is 5. The highest BCUT2D eigenvalue weighted by Crippen LogP contribution is 2.44. The minimum Gasteiger partial charge on any atom is -0.481 e. The Morgan fingerprint density at radius 3 is 2.61 bits per heavy atom. The van der Waals surface area contributed by atoms with Crippen LogP contribution in [0.1, 0.15) is 53.0 Å². The molecule has 1 aliphatic carbocycles. The maximum absolute atomic E-state index is 13.4. The summed E-state index contributed by atoms with van der Waals surface area (Å²) < 4.78 is 25.3. The van der Waals surface area contributed by atoms with E-state index in [0.29, 0.717) is 16.7 Å². The second-order valence-corrected chi connectivity index (χ2v) is 10.3.